The summed E-state index contributed by atoms with van der Waals surface area (Å²) in [5, 5.41) is 2.28. The number of carbonyl (C=O) groups excluding carboxylic acids is 1. The minimum atomic E-state index is -4.56. The summed E-state index contributed by atoms with van der Waals surface area (Å²) in [7, 11) is -4.03. The lowest BCUT2D eigenvalue weighted by molar-refractivity contribution is -0.137. The van der Waals surface area contributed by atoms with Crippen LogP contribution in [-0.4, -0.2) is 27.0 Å². The number of sulfonamides is 1. The van der Waals surface area contributed by atoms with E-state index in [9.17, 15) is 26.4 Å². The van der Waals surface area contributed by atoms with Crippen molar-refractivity contribution in [2.45, 2.75) is 37.9 Å². The zero-order chi connectivity index (χ0) is 21.8. The third kappa shape index (κ3) is 5.94. The first-order valence-electron chi connectivity index (χ1n) is 8.68. The lowest BCUT2D eigenvalue weighted by Crippen LogP contribution is -2.41. The Hall–Kier alpha value is -2.59. The molecule has 0 saturated heterocycles. The summed E-state index contributed by atoms with van der Waals surface area (Å²) < 4.78 is 70.9. The Morgan fingerprint density at radius 1 is 1.17 bits per heavy atom. The summed E-state index contributed by atoms with van der Waals surface area (Å²) in [6.45, 7) is 5.21. The van der Waals surface area contributed by atoms with Gasteiger partial charge in [-0.3, -0.25) is 4.79 Å². The monoisotopic (exact) mass is 430 g/mol. The molecule has 0 aromatic heterocycles. The second-order valence-corrected chi connectivity index (χ2v) is 7.99. The Morgan fingerprint density at radius 2 is 1.86 bits per heavy atom. The first-order valence-corrected chi connectivity index (χ1v) is 10.2. The highest BCUT2D eigenvalue weighted by Gasteiger charge is 2.30. The molecule has 2 aromatic rings. The summed E-state index contributed by atoms with van der Waals surface area (Å²) in [4.78, 5) is 12.2. The zero-order valence-electron chi connectivity index (χ0n) is 16.0. The molecule has 1 amide bonds. The Morgan fingerprint density at radius 3 is 2.45 bits per heavy atom. The molecule has 0 aliphatic heterocycles. The number of nitrogens with one attached hydrogen (secondary N) is 2. The molecule has 0 fully saturated rings. The van der Waals surface area contributed by atoms with Crippen molar-refractivity contribution in [3.05, 3.63) is 53.6 Å². The van der Waals surface area contributed by atoms with Crippen LogP contribution in [0.3, 0.4) is 0 Å². The van der Waals surface area contributed by atoms with Crippen molar-refractivity contribution in [2.75, 3.05) is 11.9 Å². The van der Waals surface area contributed by atoms with Crippen molar-refractivity contribution in [1.29, 1.82) is 0 Å². The Bertz CT molecular complexity index is 991. The molecule has 0 unspecified atom stereocenters. The zero-order valence-corrected chi connectivity index (χ0v) is 16.8. The standard InChI is InChI=1S/C19H21F3N2O4S/c1-4-28-17-9-8-16(10-12(17)2)29(26,27)24-13(3)18(25)23-15-7-5-6-14(11-15)19(20,21)22/h5-11,13,24H,4H2,1-3H3,(H,23,25)/t13-/m1/s1. The largest absolute Gasteiger partial charge is 0.494 e. The molecule has 0 spiro atoms. The van der Waals surface area contributed by atoms with Gasteiger partial charge in [-0.2, -0.15) is 17.9 Å². The minimum Gasteiger partial charge on any atom is -0.494 e. The predicted molar refractivity (Wildman–Crippen MR) is 102 cm³/mol. The van der Waals surface area contributed by atoms with Crippen LogP contribution in [0.2, 0.25) is 0 Å². The maximum Gasteiger partial charge on any atom is 0.416 e. The summed E-state index contributed by atoms with van der Waals surface area (Å²) >= 11 is 0. The van der Waals surface area contributed by atoms with Gasteiger partial charge >= 0.3 is 6.18 Å². The van der Waals surface area contributed by atoms with E-state index in [1.165, 1.54) is 31.2 Å². The Balaban J connectivity index is 2.11. The van der Waals surface area contributed by atoms with Gasteiger partial charge in [0, 0.05) is 5.69 Å². The third-order valence-corrected chi connectivity index (χ3v) is 5.48. The predicted octanol–water partition coefficient (Wildman–Crippen LogP) is 3.72. The molecule has 6 nitrogen and oxygen atoms in total. The summed E-state index contributed by atoms with van der Waals surface area (Å²) in [5.41, 5.74) is -0.406. The van der Waals surface area contributed by atoms with E-state index in [-0.39, 0.29) is 10.6 Å². The van der Waals surface area contributed by atoms with E-state index in [1.807, 2.05) is 0 Å². The number of amides is 1. The molecule has 0 radical (unpaired) electrons. The Labute approximate surface area is 167 Å². The van der Waals surface area contributed by atoms with Crippen LogP contribution in [0, 0.1) is 6.92 Å². The van der Waals surface area contributed by atoms with Crippen molar-refractivity contribution < 1.29 is 31.1 Å². The van der Waals surface area contributed by atoms with Gasteiger partial charge in [0.25, 0.3) is 0 Å². The van der Waals surface area contributed by atoms with Crippen molar-refractivity contribution in [3.8, 4) is 5.75 Å². The summed E-state index contributed by atoms with van der Waals surface area (Å²) in [6, 6.07) is 7.12. The molecule has 2 rings (SSSR count). The molecule has 0 aliphatic carbocycles. The molecule has 2 N–H and O–H groups in total. The lowest BCUT2D eigenvalue weighted by Gasteiger charge is -2.16. The van der Waals surface area contributed by atoms with Gasteiger partial charge in [-0.15, -0.1) is 0 Å². The van der Waals surface area contributed by atoms with Gasteiger partial charge in [0.05, 0.1) is 23.1 Å². The SMILES string of the molecule is CCOc1ccc(S(=O)(=O)N[C@H](C)C(=O)Nc2cccc(C(F)(F)F)c2)cc1C. The van der Waals surface area contributed by atoms with Crippen LogP contribution < -0.4 is 14.8 Å². The van der Waals surface area contributed by atoms with Gasteiger partial charge in [-0.05, 0) is 62.7 Å². The highest BCUT2D eigenvalue weighted by molar-refractivity contribution is 7.89. The van der Waals surface area contributed by atoms with Crippen molar-refractivity contribution in [1.82, 2.24) is 4.72 Å². The van der Waals surface area contributed by atoms with Gasteiger partial charge < -0.3 is 10.1 Å². The molecule has 0 saturated carbocycles. The second kappa shape index (κ2) is 8.83. The average molecular weight is 430 g/mol. The van der Waals surface area contributed by atoms with Gasteiger partial charge in [-0.25, -0.2) is 8.42 Å². The van der Waals surface area contributed by atoms with E-state index >= 15 is 0 Å². The summed E-state index contributed by atoms with van der Waals surface area (Å²) in [6.07, 6.45) is -4.56. The maximum absolute atomic E-state index is 12.8. The molecule has 0 bridgehead atoms. The van der Waals surface area contributed by atoms with Crippen LogP contribution in [0.4, 0.5) is 18.9 Å². The Kier molecular flexibility index (Phi) is 6.91. The molecule has 0 aliphatic rings. The average Bonchev–Trinajstić information content (AvgIpc) is 2.62. The van der Waals surface area contributed by atoms with E-state index in [4.69, 9.17) is 4.74 Å². The van der Waals surface area contributed by atoms with Gasteiger partial charge in [0.2, 0.25) is 15.9 Å². The smallest absolute Gasteiger partial charge is 0.416 e. The number of alkyl halides is 3. The van der Waals surface area contributed by atoms with E-state index in [1.54, 1.807) is 13.8 Å². The number of anilines is 1. The third-order valence-electron chi connectivity index (χ3n) is 3.94. The molecule has 0 heterocycles. The number of aryl methyl sites for hydroxylation is 1. The number of benzene rings is 2. The summed E-state index contributed by atoms with van der Waals surface area (Å²) in [5.74, 6) is -0.252. The lowest BCUT2D eigenvalue weighted by atomic mass is 10.2. The van der Waals surface area contributed by atoms with Crippen LogP contribution in [-0.2, 0) is 21.0 Å². The first kappa shape index (κ1) is 22.7. The second-order valence-electron chi connectivity index (χ2n) is 6.27. The molecule has 10 heteroatoms. The van der Waals surface area contributed by atoms with E-state index in [0.29, 0.717) is 17.9 Å². The van der Waals surface area contributed by atoms with Crippen molar-refractivity contribution >= 4 is 21.6 Å². The fourth-order valence-electron chi connectivity index (χ4n) is 2.48. The molecule has 2 aromatic carbocycles. The number of carbonyl (C=O) groups is 1. The number of halogens is 3. The molecule has 29 heavy (non-hydrogen) atoms. The van der Waals surface area contributed by atoms with Crippen LogP contribution in [0.25, 0.3) is 0 Å². The molecule has 158 valence electrons. The van der Waals surface area contributed by atoms with Crippen molar-refractivity contribution in [3.63, 3.8) is 0 Å². The highest BCUT2D eigenvalue weighted by Crippen LogP contribution is 2.30. The quantitative estimate of drug-likeness (QED) is 0.701. The maximum atomic E-state index is 12.8. The van der Waals surface area contributed by atoms with E-state index in [2.05, 4.69) is 10.0 Å². The number of hydrogen-bond acceptors (Lipinski definition) is 4. The van der Waals surface area contributed by atoms with E-state index < -0.39 is 33.7 Å². The molecular weight excluding hydrogens is 409 g/mol. The number of ether oxygens (including phenoxy) is 1. The fraction of sp³-hybridized carbons (Fsp3) is 0.316. The van der Waals surface area contributed by atoms with Crippen LogP contribution >= 0.6 is 0 Å². The highest BCUT2D eigenvalue weighted by atomic mass is 32.2. The van der Waals surface area contributed by atoms with Crippen molar-refractivity contribution in [2.24, 2.45) is 0 Å². The number of rotatable bonds is 7. The topological polar surface area (TPSA) is 84.5 Å². The van der Waals surface area contributed by atoms with E-state index in [0.717, 1.165) is 18.2 Å². The van der Waals surface area contributed by atoms with Gasteiger partial charge in [0.15, 0.2) is 0 Å². The van der Waals surface area contributed by atoms with Crippen LogP contribution in [0.1, 0.15) is 25.0 Å². The minimum absolute atomic E-state index is 0.0582. The number of hydrogen-bond donors (Lipinski definition) is 2. The van der Waals surface area contributed by atoms with Gasteiger partial charge in [0.1, 0.15) is 5.75 Å². The van der Waals surface area contributed by atoms with Crippen LogP contribution in [0.15, 0.2) is 47.4 Å². The van der Waals surface area contributed by atoms with Gasteiger partial charge in [-0.1, -0.05) is 6.07 Å². The molecule has 1 atom stereocenters. The molecular formula is C19H21F3N2O4S. The normalized spacial score (nSPS) is 13.0. The first-order chi connectivity index (χ1) is 13.4. The van der Waals surface area contributed by atoms with Crippen LogP contribution in [0.5, 0.6) is 5.75 Å². The fourth-order valence-corrected chi connectivity index (χ4v) is 3.77.